The standard InChI is InChI=1S/C30H27F6N2S/c1-6-38-18(3)25(37(5)27(38)21-15-11-8-12-16-21)24-23(28(31,32)30(35,36)29(24,33)34)22-17(2)26(39-19(22)4)20-13-9-7-10-14-20/h7-16H,6H2,1-5H3/q+1. The molecule has 1 aliphatic carbocycles. The van der Waals surface area contributed by atoms with E-state index in [1.807, 2.05) is 0 Å². The Morgan fingerprint density at radius 1 is 0.769 bits per heavy atom. The highest BCUT2D eigenvalue weighted by molar-refractivity contribution is 7.16. The van der Waals surface area contributed by atoms with E-state index in [2.05, 4.69) is 0 Å². The molecule has 0 N–H and O–H groups in total. The SMILES string of the molecule is CCn1c(C)c(C2=C(c3c(C)sc(-c4ccccc4)c3C)C(F)(F)C(F)(F)C2(F)F)[n+](C)c1-c1ccccc1. The largest absolute Gasteiger partial charge is 0.380 e. The smallest absolute Gasteiger partial charge is 0.227 e. The van der Waals surface area contributed by atoms with Gasteiger partial charge in [0, 0.05) is 27.8 Å². The number of hydrogen-bond acceptors (Lipinski definition) is 1. The van der Waals surface area contributed by atoms with Crippen molar-refractivity contribution in [1.29, 1.82) is 0 Å². The lowest BCUT2D eigenvalue weighted by Crippen LogP contribution is -2.49. The number of rotatable bonds is 5. The molecule has 2 aromatic carbocycles. The lowest BCUT2D eigenvalue weighted by atomic mass is 9.93. The monoisotopic (exact) mass is 561 g/mol. The van der Waals surface area contributed by atoms with Gasteiger partial charge in [0.15, 0.2) is 5.69 Å². The third-order valence-electron chi connectivity index (χ3n) is 7.52. The second kappa shape index (κ2) is 9.11. The number of alkyl halides is 6. The molecule has 2 heterocycles. The Balaban J connectivity index is 1.91. The minimum Gasteiger partial charge on any atom is -0.227 e. The molecule has 0 saturated heterocycles. The Morgan fingerprint density at radius 3 is 1.82 bits per heavy atom. The number of aryl methyl sites for hydroxylation is 1. The number of allylic oxidation sites excluding steroid dienone is 2. The first-order valence-corrected chi connectivity index (χ1v) is 13.3. The number of halogens is 6. The van der Waals surface area contributed by atoms with Gasteiger partial charge in [-0.3, -0.25) is 0 Å². The molecule has 4 aromatic rings. The first-order valence-electron chi connectivity index (χ1n) is 12.5. The predicted octanol–water partition coefficient (Wildman–Crippen LogP) is 8.48. The minimum atomic E-state index is -5.63. The molecule has 1 aliphatic rings. The first kappa shape index (κ1) is 27.2. The predicted molar refractivity (Wildman–Crippen MR) is 142 cm³/mol. The molecule has 2 nitrogen and oxygen atoms in total. The summed E-state index contributed by atoms with van der Waals surface area (Å²) in [6.45, 7) is 6.64. The molecule has 0 spiro atoms. The molecule has 0 radical (unpaired) electrons. The quantitative estimate of drug-likeness (QED) is 0.171. The van der Waals surface area contributed by atoms with Gasteiger partial charge in [0.25, 0.3) is 5.82 Å². The van der Waals surface area contributed by atoms with E-state index in [1.165, 1.54) is 32.4 Å². The van der Waals surface area contributed by atoms with E-state index in [0.29, 0.717) is 28.4 Å². The summed E-state index contributed by atoms with van der Waals surface area (Å²) < 4.78 is 96.5. The third-order valence-corrected chi connectivity index (χ3v) is 8.77. The lowest BCUT2D eigenvalue weighted by molar-refractivity contribution is -0.662. The molecule has 0 atom stereocenters. The molecule has 2 aromatic heterocycles. The topological polar surface area (TPSA) is 8.81 Å². The van der Waals surface area contributed by atoms with E-state index >= 15 is 26.3 Å². The van der Waals surface area contributed by atoms with Gasteiger partial charge < -0.3 is 0 Å². The van der Waals surface area contributed by atoms with E-state index in [1.54, 1.807) is 72.2 Å². The van der Waals surface area contributed by atoms with Crippen molar-refractivity contribution in [3.63, 3.8) is 0 Å². The molecule has 0 unspecified atom stereocenters. The Morgan fingerprint density at radius 2 is 1.28 bits per heavy atom. The molecule has 39 heavy (non-hydrogen) atoms. The Kier molecular flexibility index (Phi) is 6.37. The van der Waals surface area contributed by atoms with Crippen molar-refractivity contribution in [3.8, 4) is 21.8 Å². The molecule has 0 aliphatic heterocycles. The van der Waals surface area contributed by atoms with Gasteiger partial charge >= 0.3 is 17.8 Å². The summed E-state index contributed by atoms with van der Waals surface area (Å²) in [6, 6.07) is 17.7. The first-order chi connectivity index (χ1) is 18.3. The van der Waals surface area contributed by atoms with Crippen LogP contribution in [0.1, 0.15) is 34.3 Å². The number of hydrogen-bond donors (Lipinski definition) is 0. The summed E-state index contributed by atoms with van der Waals surface area (Å²) >= 11 is 1.13. The van der Waals surface area contributed by atoms with Crippen molar-refractivity contribution >= 4 is 22.5 Å². The second-order valence-corrected chi connectivity index (χ2v) is 11.0. The van der Waals surface area contributed by atoms with E-state index in [0.717, 1.165) is 11.3 Å². The van der Waals surface area contributed by atoms with Crippen molar-refractivity contribution in [2.75, 3.05) is 0 Å². The fourth-order valence-electron chi connectivity index (χ4n) is 5.75. The van der Waals surface area contributed by atoms with Gasteiger partial charge in [-0.15, -0.1) is 11.3 Å². The number of aromatic nitrogens is 2. The molecule has 0 amide bonds. The third kappa shape index (κ3) is 3.65. The van der Waals surface area contributed by atoms with Crippen LogP contribution in [0.3, 0.4) is 0 Å². The molecule has 0 fully saturated rings. The lowest BCUT2D eigenvalue weighted by Gasteiger charge is -2.25. The van der Waals surface area contributed by atoms with Crippen molar-refractivity contribution in [2.45, 2.75) is 52.0 Å². The van der Waals surface area contributed by atoms with Gasteiger partial charge in [0.2, 0.25) is 0 Å². The number of nitrogens with zero attached hydrogens (tertiary/aromatic N) is 2. The molecular formula is C30H27F6N2S+. The summed E-state index contributed by atoms with van der Waals surface area (Å²) in [5, 5.41) is 0. The highest BCUT2D eigenvalue weighted by Gasteiger charge is 2.81. The summed E-state index contributed by atoms with van der Waals surface area (Å²) in [6.07, 6.45) is 0. The average molecular weight is 562 g/mol. The number of benzene rings is 2. The van der Waals surface area contributed by atoms with Crippen LogP contribution in [0.2, 0.25) is 0 Å². The minimum absolute atomic E-state index is 0.202. The van der Waals surface area contributed by atoms with E-state index in [4.69, 9.17) is 0 Å². The summed E-state index contributed by atoms with van der Waals surface area (Å²) in [7, 11) is 1.45. The molecule has 204 valence electrons. The van der Waals surface area contributed by atoms with Gasteiger partial charge in [-0.05, 0) is 44.0 Å². The normalized spacial score (nSPS) is 17.7. The maximum absolute atomic E-state index is 15.8. The highest BCUT2D eigenvalue weighted by atomic mass is 32.1. The van der Waals surface area contributed by atoms with Gasteiger partial charge in [-0.25, -0.2) is 9.13 Å². The summed E-state index contributed by atoms with van der Waals surface area (Å²) in [4.78, 5) is 0.840. The second-order valence-electron chi connectivity index (χ2n) is 9.75. The summed E-state index contributed by atoms with van der Waals surface area (Å²) in [5.74, 6) is -15.4. The molecule has 0 saturated carbocycles. The molecule has 5 rings (SSSR count). The van der Waals surface area contributed by atoms with Gasteiger partial charge in [0.1, 0.15) is 5.69 Å². The van der Waals surface area contributed by atoms with Crippen LogP contribution in [0.5, 0.6) is 0 Å². The summed E-state index contributed by atoms with van der Waals surface area (Å²) in [5.41, 5.74) is -1.41. The van der Waals surface area contributed by atoms with Gasteiger partial charge in [0.05, 0.1) is 24.7 Å². The Bertz CT molecular complexity index is 1600. The van der Waals surface area contributed by atoms with Crippen molar-refractivity contribution < 1.29 is 30.9 Å². The van der Waals surface area contributed by atoms with Crippen LogP contribution >= 0.6 is 11.3 Å². The molecule has 0 bridgehead atoms. The zero-order valence-electron chi connectivity index (χ0n) is 22.1. The van der Waals surface area contributed by atoms with Crippen molar-refractivity contribution in [2.24, 2.45) is 7.05 Å². The van der Waals surface area contributed by atoms with E-state index < -0.39 is 28.9 Å². The van der Waals surface area contributed by atoms with E-state index in [9.17, 15) is 0 Å². The fourth-order valence-corrected chi connectivity index (χ4v) is 6.92. The molecular weight excluding hydrogens is 534 g/mol. The van der Waals surface area contributed by atoms with Crippen molar-refractivity contribution in [3.05, 3.63) is 88.1 Å². The van der Waals surface area contributed by atoms with Gasteiger partial charge in [-0.2, -0.15) is 26.3 Å². The zero-order chi connectivity index (χ0) is 28.5. The van der Waals surface area contributed by atoms with Crippen molar-refractivity contribution in [1.82, 2.24) is 4.57 Å². The fraction of sp³-hybridized carbons (Fsp3) is 0.300. The van der Waals surface area contributed by atoms with Crippen LogP contribution < -0.4 is 4.57 Å². The van der Waals surface area contributed by atoms with Crippen LogP contribution in [0.25, 0.3) is 33.0 Å². The average Bonchev–Trinajstić information content (AvgIpc) is 3.36. The number of imidazole rings is 1. The zero-order valence-corrected chi connectivity index (χ0v) is 22.9. The van der Waals surface area contributed by atoms with Crippen LogP contribution in [-0.4, -0.2) is 22.3 Å². The highest BCUT2D eigenvalue weighted by Crippen LogP contribution is 2.66. The maximum Gasteiger partial charge on any atom is 0.380 e. The van der Waals surface area contributed by atoms with Crippen LogP contribution in [0.15, 0.2) is 60.7 Å². The Hall–Kier alpha value is -3.33. The Labute approximate surface area is 226 Å². The number of thiophene rings is 1. The maximum atomic E-state index is 15.8. The van der Waals surface area contributed by atoms with Crippen LogP contribution in [0, 0.1) is 20.8 Å². The van der Waals surface area contributed by atoms with Crippen LogP contribution in [-0.2, 0) is 13.6 Å². The van der Waals surface area contributed by atoms with Crippen LogP contribution in [0.4, 0.5) is 26.3 Å². The van der Waals surface area contributed by atoms with E-state index in [-0.39, 0.29) is 27.4 Å². The molecule has 9 heteroatoms. The van der Waals surface area contributed by atoms with Gasteiger partial charge in [-0.1, -0.05) is 48.5 Å².